The van der Waals surface area contributed by atoms with E-state index in [0.717, 1.165) is 28.3 Å². The number of ether oxygens (including phenoxy) is 1. The molecule has 2 aromatic heterocycles. The Labute approximate surface area is 112 Å². The second-order valence-electron chi connectivity index (χ2n) is 4.65. The summed E-state index contributed by atoms with van der Waals surface area (Å²) >= 11 is 0. The summed E-state index contributed by atoms with van der Waals surface area (Å²) in [6, 6.07) is 1.81. The zero-order valence-electron chi connectivity index (χ0n) is 11.7. The van der Waals surface area contributed by atoms with Gasteiger partial charge in [-0.2, -0.15) is 5.10 Å². The Morgan fingerprint density at radius 2 is 2.16 bits per heavy atom. The molecule has 0 aliphatic heterocycles. The lowest BCUT2D eigenvalue weighted by Crippen LogP contribution is -2.10. The molecule has 0 aliphatic carbocycles. The van der Waals surface area contributed by atoms with Crippen molar-refractivity contribution in [3.63, 3.8) is 0 Å². The van der Waals surface area contributed by atoms with E-state index in [0.29, 0.717) is 6.42 Å². The third-order valence-electron chi connectivity index (χ3n) is 3.34. The molecule has 0 aliphatic rings. The molecular formula is C14H19N3O2. The van der Waals surface area contributed by atoms with Gasteiger partial charge in [-0.15, -0.1) is 0 Å². The van der Waals surface area contributed by atoms with Crippen molar-refractivity contribution >= 4 is 0 Å². The number of aryl methyl sites for hydroxylation is 2. The molecule has 1 unspecified atom stereocenters. The van der Waals surface area contributed by atoms with Crippen LogP contribution in [0.3, 0.4) is 0 Å². The van der Waals surface area contributed by atoms with Crippen LogP contribution in [0, 0.1) is 13.8 Å². The van der Waals surface area contributed by atoms with Gasteiger partial charge in [0.15, 0.2) is 0 Å². The smallest absolute Gasteiger partial charge is 0.128 e. The van der Waals surface area contributed by atoms with Gasteiger partial charge < -0.3 is 9.84 Å². The largest absolute Gasteiger partial charge is 0.496 e. The molecule has 0 bridgehead atoms. The van der Waals surface area contributed by atoms with Crippen LogP contribution < -0.4 is 4.74 Å². The van der Waals surface area contributed by atoms with E-state index in [1.165, 1.54) is 0 Å². The number of rotatable bonds is 4. The summed E-state index contributed by atoms with van der Waals surface area (Å²) in [4.78, 5) is 4.40. The zero-order valence-corrected chi connectivity index (χ0v) is 11.7. The minimum absolute atomic E-state index is 0.446. The number of aromatic nitrogens is 3. The van der Waals surface area contributed by atoms with Crippen molar-refractivity contribution in [3.05, 3.63) is 41.0 Å². The highest BCUT2D eigenvalue weighted by Crippen LogP contribution is 2.27. The summed E-state index contributed by atoms with van der Waals surface area (Å²) in [5.74, 6) is 0.835. The summed E-state index contributed by atoms with van der Waals surface area (Å²) in [5.41, 5.74) is 3.60. The molecule has 1 N–H and O–H groups in total. The van der Waals surface area contributed by atoms with Gasteiger partial charge in [0.2, 0.25) is 0 Å². The molecule has 0 fully saturated rings. The van der Waals surface area contributed by atoms with E-state index < -0.39 is 6.10 Å². The fourth-order valence-corrected chi connectivity index (χ4v) is 2.28. The lowest BCUT2D eigenvalue weighted by Gasteiger charge is -2.15. The highest BCUT2D eigenvalue weighted by atomic mass is 16.5. The third kappa shape index (κ3) is 2.61. The van der Waals surface area contributed by atoms with Crippen molar-refractivity contribution in [1.29, 1.82) is 0 Å². The van der Waals surface area contributed by atoms with Gasteiger partial charge in [0.1, 0.15) is 11.9 Å². The van der Waals surface area contributed by atoms with Crippen molar-refractivity contribution < 1.29 is 9.84 Å². The Bertz CT molecular complexity index is 578. The van der Waals surface area contributed by atoms with E-state index in [-0.39, 0.29) is 0 Å². The predicted octanol–water partition coefficient (Wildman–Crippen LogP) is 1.72. The second kappa shape index (κ2) is 5.40. The van der Waals surface area contributed by atoms with E-state index in [9.17, 15) is 5.11 Å². The first kappa shape index (κ1) is 13.5. The molecule has 102 valence electrons. The Morgan fingerprint density at radius 3 is 2.74 bits per heavy atom. The second-order valence-corrected chi connectivity index (χ2v) is 4.65. The average Bonchev–Trinajstić information content (AvgIpc) is 2.80. The zero-order chi connectivity index (χ0) is 14.0. The van der Waals surface area contributed by atoms with Crippen molar-refractivity contribution in [1.82, 2.24) is 14.8 Å². The number of aliphatic hydroxyl groups excluding tert-OH is 1. The number of aliphatic hydroxyl groups is 1. The standard InChI is InChI=1S/C14H19N3O2/c1-9-8-15-11(10(2)14(9)19-4)7-13(18)12-5-6-16-17(12)3/h5-6,8,13,18H,7H2,1-4H3. The SMILES string of the molecule is COc1c(C)cnc(CC(O)c2ccnn2C)c1C. The molecule has 0 spiro atoms. The lowest BCUT2D eigenvalue weighted by molar-refractivity contribution is 0.167. The monoisotopic (exact) mass is 261 g/mol. The van der Waals surface area contributed by atoms with Gasteiger partial charge in [-0.25, -0.2) is 0 Å². The maximum atomic E-state index is 10.3. The maximum Gasteiger partial charge on any atom is 0.128 e. The Kier molecular flexibility index (Phi) is 3.85. The van der Waals surface area contributed by atoms with Gasteiger partial charge in [-0.3, -0.25) is 9.67 Å². The number of nitrogens with zero attached hydrogens (tertiary/aromatic N) is 3. The van der Waals surface area contributed by atoms with Crippen molar-refractivity contribution in [3.8, 4) is 5.75 Å². The molecular weight excluding hydrogens is 242 g/mol. The van der Waals surface area contributed by atoms with Gasteiger partial charge in [-0.1, -0.05) is 0 Å². The van der Waals surface area contributed by atoms with Gasteiger partial charge in [0.25, 0.3) is 0 Å². The van der Waals surface area contributed by atoms with Crippen LogP contribution in [0.25, 0.3) is 0 Å². The minimum atomic E-state index is -0.619. The highest BCUT2D eigenvalue weighted by molar-refractivity contribution is 5.41. The summed E-state index contributed by atoms with van der Waals surface area (Å²) in [5, 5.41) is 14.3. The van der Waals surface area contributed by atoms with Gasteiger partial charge in [0, 0.05) is 42.7 Å². The molecule has 2 rings (SSSR count). The number of hydrogen-bond donors (Lipinski definition) is 1. The van der Waals surface area contributed by atoms with Crippen LogP contribution in [0.4, 0.5) is 0 Å². The van der Waals surface area contributed by atoms with Crippen LogP contribution in [0.15, 0.2) is 18.5 Å². The molecule has 0 radical (unpaired) electrons. The summed E-state index contributed by atoms with van der Waals surface area (Å²) in [7, 11) is 3.46. The van der Waals surface area contributed by atoms with Crippen LogP contribution in [-0.2, 0) is 13.5 Å². The molecule has 5 nitrogen and oxygen atoms in total. The van der Waals surface area contributed by atoms with E-state index in [2.05, 4.69) is 10.1 Å². The molecule has 0 saturated heterocycles. The normalized spacial score (nSPS) is 12.5. The van der Waals surface area contributed by atoms with Gasteiger partial charge in [-0.05, 0) is 19.9 Å². The number of pyridine rings is 1. The average molecular weight is 261 g/mol. The van der Waals surface area contributed by atoms with E-state index >= 15 is 0 Å². The lowest BCUT2D eigenvalue weighted by atomic mass is 10.0. The molecule has 5 heteroatoms. The Morgan fingerprint density at radius 1 is 1.42 bits per heavy atom. The van der Waals surface area contributed by atoms with E-state index in [4.69, 9.17) is 4.74 Å². The molecule has 0 aromatic carbocycles. The first-order valence-electron chi connectivity index (χ1n) is 6.19. The molecule has 2 heterocycles. The first-order valence-corrected chi connectivity index (χ1v) is 6.19. The van der Waals surface area contributed by atoms with Crippen molar-refractivity contribution in [2.24, 2.45) is 7.05 Å². The summed E-state index contributed by atoms with van der Waals surface area (Å²) in [6.45, 7) is 3.92. The van der Waals surface area contributed by atoms with Crippen LogP contribution in [-0.4, -0.2) is 27.0 Å². The predicted molar refractivity (Wildman–Crippen MR) is 72.1 cm³/mol. The first-order chi connectivity index (χ1) is 9.04. The molecule has 19 heavy (non-hydrogen) atoms. The third-order valence-corrected chi connectivity index (χ3v) is 3.34. The summed E-state index contributed by atoms with van der Waals surface area (Å²) in [6.07, 6.45) is 3.28. The quantitative estimate of drug-likeness (QED) is 0.910. The van der Waals surface area contributed by atoms with Crippen molar-refractivity contribution in [2.75, 3.05) is 7.11 Å². The molecule has 0 amide bonds. The number of hydrogen-bond acceptors (Lipinski definition) is 4. The topological polar surface area (TPSA) is 60.2 Å². The number of methoxy groups -OCH3 is 1. The van der Waals surface area contributed by atoms with E-state index in [1.807, 2.05) is 27.0 Å². The van der Waals surface area contributed by atoms with Crippen LogP contribution in [0.1, 0.15) is 28.6 Å². The maximum absolute atomic E-state index is 10.3. The Hall–Kier alpha value is -1.88. The minimum Gasteiger partial charge on any atom is -0.496 e. The van der Waals surface area contributed by atoms with Gasteiger partial charge >= 0.3 is 0 Å². The fourth-order valence-electron chi connectivity index (χ4n) is 2.28. The highest BCUT2D eigenvalue weighted by Gasteiger charge is 2.16. The van der Waals surface area contributed by atoms with E-state index in [1.54, 1.807) is 24.2 Å². The van der Waals surface area contributed by atoms with Crippen molar-refractivity contribution in [2.45, 2.75) is 26.4 Å². The van der Waals surface area contributed by atoms with Gasteiger partial charge in [0.05, 0.1) is 12.8 Å². The van der Waals surface area contributed by atoms with Crippen LogP contribution >= 0.6 is 0 Å². The van der Waals surface area contributed by atoms with Crippen LogP contribution in [0.5, 0.6) is 5.75 Å². The fraction of sp³-hybridized carbons (Fsp3) is 0.429. The van der Waals surface area contributed by atoms with Crippen LogP contribution in [0.2, 0.25) is 0 Å². The summed E-state index contributed by atoms with van der Waals surface area (Å²) < 4.78 is 7.05. The molecule has 0 saturated carbocycles. The molecule has 1 atom stereocenters. The molecule has 2 aromatic rings. The Balaban J connectivity index is 2.27.